The first-order valence-electron chi connectivity index (χ1n) is 4.94. The van der Waals surface area contributed by atoms with Crippen LogP contribution in [0.3, 0.4) is 0 Å². The van der Waals surface area contributed by atoms with Crippen LogP contribution in [-0.2, 0) is 0 Å². The fourth-order valence-corrected chi connectivity index (χ4v) is 1.19. The summed E-state index contributed by atoms with van der Waals surface area (Å²) >= 11 is 0. The van der Waals surface area contributed by atoms with Gasteiger partial charge in [-0.2, -0.15) is 0 Å². The largest absolute Gasteiger partial charge is 0.314 e. The van der Waals surface area contributed by atoms with Gasteiger partial charge < -0.3 is 5.32 Å². The van der Waals surface area contributed by atoms with Crippen LogP contribution in [0.1, 0.15) is 41.0 Å². The highest BCUT2D eigenvalue weighted by atomic mass is 19.1. The minimum Gasteiger partial charge on any atom is -0.314 e. The van der Waals surface area contributed by atoms with Gasteiger partial charge in [-0.25, -0.2) is 4.39 Å². The van der Waals surface area contributed by atoms with Crippen molar-refractivity contribution in [3.05, 3.63) is 0 Å². The molecule has 0 radical (unpaired) electrons. The van der Waals surface area contributed by atoms with Crippen LogP contribution >= 0.6 is 0 Å². The van der Waals surface area contributed by atoms with E-state index < -0.39 is 6.17 Å². The molecule has 0 aliphatic rings. The van der Waals surface area contributed by atoms with Gasteiger partial charge in [0, 0.05) is 6.04 Å². The first-order chi connectivity index (χ1) is 5.63. The summed E-state index contributed by atoms with van der Waals surface area (Å²) in [5.41, 5.74) is 0. The number of hydrogen-bond donors (Lipinski definition) is 1. The molecule has 0 aromatic rings. The summed E-state index contributed by atoms with van der Waals surface area (Å²) in [4.78, 5) is 0. The Balaban J connectivity index is 0. The zero-order valence-corrected chi connectivity index (χ0v) is 9.32. The highest BCUT2D eigenvalue weighted by Crippen LogP contribution is 2.11. The molecule has 1 N–H and O–H groups in total. The third-order valence-electron chi connectivity index (χ3n) is 1.83. The molecule has 1 nitrogen and oxygen atoms in total. The molecule has 0 aliphatic heterocycles. The van der Waals surface area contributed by atoms with Crippen LogP contribution < -0.4 is 5.32 Å². The molecule has 2 atom stereocenters. The van der Waals surface area contributed by atoms with Crippen LogP contribution in [0.4, 0.5) is 4.39 Å². The molecule has 0 saturated heterocycles. The molecule has 0 spiro atoms. The Morgan fingerprint density at radius 1 is 1.25 bits per heavy atom. The fraction of sp³-hybridized carbons (Fsp3) is 1.00. The predicted octanol–water partition coefficient (Wildman–Crippen LogP) is 3.00. The van der Waals surface area contributed by atoms with Crippen molar-refractivity contribution >= 4 is 0 Å². The van der Waals surface area contributed by atoms with Crippen molar-refractivity contribution in [1.29, 1.82) is 0 Å². The van der Waals surface area contributed by atoms with Gasteiger partial charge in [-0.15, -0.1) is 0 Å². The molecule has 0 amide bonds. The molecule has 0 heterocycles. The van der Waals surface area contributed by atoms with Gasteiger partial charge in [0.05, 0.1) is 0 Å². The van der Waals surface area contributed by atoms with Gasteiger partial charge in [-0.1, -0.05) is 34.6 Å². The standard InChI is InChI=1S/C8H18FN.C2H6/c1-5-7(9)8(10-4)6(2)3;1-2/h6-8,10H,5H2,1-4H3;1-2H3. The molecule has 0 saturated carbocycles. The van der Waals surface area contributed by atoms with Crippen molar-refractivity contribution in [1.82, 2.24) is 5.32 Å². The summed E-state index contributed by atoms with van der Waals surface area (Å²) < 4.78 is 13.0. The number of nitrogens with one attached hydrogen (secondary N) is 1. The van der Waals surface area contributed by atoms with Crippen molar-refractivity contribution in [2.45, 2.75) is 53.3 Å². The smallest absolute Gasteiger partial charge is 0.115 e. The second kappa shape index (κ2) is 8.98. The van der Waals surface area contributed by atoms with Crippen LogP contribution in [0.5, 0.6) is 0 Å². The first kappa shape index (κ1) is 14.4. The summed E-state index contributed by atoms with van der Waals surface area (Å²) in [6.45, 7) is 9.93. The van der Waals surface area contributed by atoms with Gasteiger partial charge in [0.2, 0.25) is 0 Å². The molecule has 2 unspecified atom stereocenters. The van der Waals surface area contributed by atoms with Crippen molar-refractivity contribution in [2.75, 3.05) is 7.05 Å². The monoisotopic (exact) mass is 177 g/mol. The molecule has 0 bridgehead atoms. The molecule has 0 aromatic heterocycles. The van der Waals surface area contributed by atoms with E-state index in [4.69, 9.17) is 0 Å². The number of halogens is 1. The number of hydrogen-bond acceptors (Lipinski definition) is 1. The average Bonchev–Trinajstić information content (AvgIpc) is 2.08. The molecule has 0 fully saturated rings. The Labute approximate surface area is 76.7 Å². The normalized spacial score (nSPS) is 15.0. The summed E-state index contributed by atoms with van der Waals surface area (Å²) in [6, 6.07) is 0.0185. The lowest BCUT2D eigenvalue weighted by Crippen LogP contribution is -2.39. The van der Waals surface area contributed by atoms with E-state index in [9.17, 15) is 4.39 Å². The molecule has 76 valence electrons. The maximum Gasteiger partial charge on any atom is 0.115 e. The lowest BCUT2D eigenvalue weighted by molar-refractivity contribution is 0.210. The predicted molar refractivity (Wildman–Crippen MR) is 54.2 cm³/mol. The van der Waals surface area contributed by atoms with Crippen molar-refractivity contribution in [2.24, 2.45) is 5.92 Å². The van der Waals surface area contributed by atoms with Gasteiger partial charge in [0.15, 0.2) is 0 Å². The average molecular weight is 177 g/mol. The highest BCUT2D eigenvalue weighted by molar-refractivity contribution is 4.76. The Morgan fingerprint density at radius 3 is 1.75 bits per heavy atom. The van der Waals surface area contributed by atoms with Crippen LogP contribution in [-0.4, -0.2) is 19.3 Å². The third kappa shape index (κ3) is 5.53. The van der Waals surface area contributed by atoms with Gasteiger partial charge in [-0.05, 0) is 19.4 Å². The minimum absolute atomic E-state index is 0.0185. The van der Waals surface area contributed by atoms with E-state index in [1.807, 2.05) is 41.7 Å². The molecule has 0 aliphatic carbocycles. The Hall–Kier alpha value is -0.110. The second-order valence-electron chi connectivity index (χ2n) is 2.98. The highest BCUT2D eigenvalue weighted by Gasteiger charge is 2.19. The molecule has 0 aromatic carbocycles. The summed E-state index contributed by atoms with van der Waals surface area (Å²) in [5, 5.41) is 2.98. The fourth-order valence-electron chi connectivity index (χ4n) is 1.19. The maximum absolute atomic E-state index is 13.0. The van der Waals surface area contributed by atoms with Crippen LogP contribution in [0.25, 0.3) is 0 Å². The zero-order chi connectivity index (χ0) is 10.1. The van der Waals surface area contributed by atoms with Crippen molar-refractivity contribution < 1.29 is 4.39 Å². The Bertz CT molecular complexity index is 83.9. The lowest BCUT2D eigenvalue weighted by atomic mass is 9.98. The zero-order valence-electron chi connectivity index (χ0n) is 9.32. The van der Waals surface area contributed by atoms with Gasteiger partial charge in [-0.3, -0.25) is 0 Å². The molecule has 12 heavy (non-hydrogen) atoms. The molecule has 2 heteroatoms. The van der Waals surface area contributed by atoms with Crippen molar-refractivity contribution in [3.63, 3.8) is 0 Å². The van der Waals surface area contributed by atoms with E-state index >= 15 is 0 Å². The van der Waals surface area contributed by atoms with E-state index in [-0.39, 0.29) is 6.04 Å². The number of rotatable bonds is 4. The molecular weight excluding hydrogens is 153 g/mol. The van der Waals surface area contributed by atoms with E-state index in [0.29, 0.717) is 12.3 Å². The summed E-state index contributed by atoms with van der Waals surface area (Å²) in [7, 11) is 1.81. The Morgan fingerprint density at radius 2 is 1.67 bits per heavy atom. The lowest BCUT2D eigenvalue weighted by Gasteiger charge is -2.22. The number of alkyl halides is 1. The summed E-state index contributed by atoms with van der Waals surface area (Å²) in [6.07, 6.45) is -0.103. The topological polar surface area (TPSA) is 12.0 Å². The second-order valence-corrected chi connectivity index (χ2v) is 2.98. The maximum atomic E-state index is 13.0. The summed E-state index contributed by atoms with van der Waals surface area (Å²) in [5.74, 6) is 0.375. The third-order valence-corrected chi connectivity index (χ3v) is 1.83. The Kier molecular flexibility index (Phi) is 10.8. The van der Waals surface area contributed by atoms with E-state index in [1.165, 1.54) is 0 Å². The van der Waals surface area contributed by atoms with Gasteiger partial charge in [0.25, 0.3) is 0 Å². The van der Waals surface area contributed by atoms with E-state index in [2.05, 4.69) is 5.32 Å². The van der Waals surface area contributed by atoms with Gasteiger partial charge >= 0.3 is 0 Å². The van der Waals surface area contributed by atoms with Crippen LogP contribution in [0.15, 0.2) is 0 Å². The first-order valence-corrected chi connectivity index (χ1v) is 4.94. The minimum atomic E-state index is -0.704. The SMILES string of the molecule is CC.CCC(F)C(NC)C(C)C. The quantitative estimate of drug-likeness (QED) is 0.696. The molecular formula is C10H24FN. The van der Waals surface area contributed by atoms with E-state index in [1.54, 1.807) is 0 Å². The van der Waals surface area contributed by atoms with Crippen molar-refractivity contribution in [3.8, 4) is 0 Å². The molecule has 0 rings (SSSR count). The van der Waals surface area contributed by atoms with Gasteiger partial charge in [0.1, 0.15) is 6.17 Å². The van der Waals surface area contributed by atoms with E-state index in [0.717, 1.165) is 0 Å². The van der Waals surface area contributed by atoms with Crippen LogP contribution in [0.2, 0.25) is 0 Å². The van der Waals surface area contributed by atoms with Crippen LogP contribution in [0, 0.1) is 5.92 Å².